The lowest BCUT2D eigenvalue weighted by Gasteiger charge is -2.31. The lowest BCUT2D eigenvalue weighted by molar-refractivity contribution is -0.150. The van der Waals surface area contributed by atoms with Crippen molar-refractivity contribution >= 4 is 11.9 Å². The van der Waals surface area contributed by atoms with Crippen molar-refractivity contribution in [2.24, 2.45) is 0 Å². The SMILES string of the molecule is CCCCCCCCC=CCCCCCCCC(=O)OC(C)CN(CCN(CC(C)O)CC(C)O)CC(C)OC(=O)CCCCCCCC=CCCCCCCCC. The molecule has 4 unspecified atom stereocenters. The van der Waals surface area contributed by atoms with Gasteiger partial charge in [-0.2, -0.15) is 0 Å². The Balaban J connectivity index is 4.53. The first-order valence-electron chi connectivity index (χ1n) is 24.6. The molecule has 0 aromatic carbocycles. The van der Waals surface area contributed by atoms with Gasteiger partial charge in [-0.25, -0.2) is 0 Å². The maximum atomic E-state index is 12.7. The minimum absolute atomic E-state index is 0.158. The van der Waals surface area contributed by atoms with Crippen molar-refractivity contribution in [2.75, 3.05) is 39.3 Å². The van der Waals surface area contributed by atoms with Crippen molar-refractivity contribution < 1.29 is 29.3 Å². The molecule has 0 fully saturated rings. The van der Waals surface area contributed by atoms with E-state index in [1.807, 2.05) is 13.8 Å². The average Bonchev–Trinajstić information content (AvgIpc) is 3.16. The summed E-state index contributed by atoms with van der Waals surface area (Å²) in [7, 11) is 0. The number of rotatable bonds is 43. The Morgan fingerprint density at radius 1 is 0.431 bits per heavy atom. The van der Waals surface area contributed by atoms with Crippen LogP contribution in [0.1, 0.15) is 221 Å². The Morgan fingerprint density at radius 3 is 1.02 bits per heavy atom. The van der Waals surface area contributed by atoms with Crippen LogP contribution in [0.4, 0.5) is 0 Å². The molecule has 58 heavy (non-hydrogen) atoms. The van der Waals surface area contributed by atoms with Crippen molar-refractivity contribution in [3.05, 3.63) is 24.3 Å². The Morgan fingerprint density at radius 2 is 0.707 bits per heavy atom. The molecular formula is C50H96N2O6. The van der Waals surface area contributed by atoms with E-state index in [1.54, 1.807) is 13.8 Å². The highest BCUT2D eigenvalue weighted by molar-refractivity contribution is 5.69. The monoisotopic (exact) mass is 821 g/mol. The molecule has 0 amide bonds. The topological polar surface area (TPSA) is 99.5 Å². The third kappa shape index (κ3) is 41.0. The van der Waals surface area contributed by atoms with Gasteiger partial charge in [0.2, 0.25) is 0 Å². The minimum atomic E-state index is -0.514. The molecule has 8 heteroatoms. The number of hydrogen-bond donors (Lipinski definition) is 2. The van der Waals surface area contributed by atoms with Crippen LogP contribution in [0.25, 0.3) is 0 Å². The zero-order valence-electron chi connectivity index (χ0n) is 39.1. The van der Waals surface area contributed by atoms with Crippen LogP contribution in [0.2, 0.25) is 0 Å². The van der Waals surface area contributed by atoms with E-state index in [-0.39, 0.29) is 24.1 Å². The van der Waals surface area contributed by atoms with Gasteiger partial charge in [0.05, 0.1) is 12.2 Å². The average molecular weight is 821 g/mol. The fourth-order valence-electron chi connectivity index (χ4n) is 7.59. The Kier molecular flexibility index (Phi) is 40.7. The second-order valence-corrected chi connectivity index (χ2v) is 17.5. The molecular weight excluding hydrogens is 725 g/mol. The summed E-state index contributed by atoms with van der Waals surface area (Å²) in [5.74, 6) is -0.316. The fourth-order valence-corrected chi connectivity index (χ4v) is 7.59. The van der Waals surface area contributed by atoms with E-state index in [1.165, 1.54) is 116 Å². The normalized spacial score (nSPS) is 14.2. The van der Waals surface area contributed by atoms with E-state index in [9.17, 15) is 19.8 Å². The van der Waals surface area contributed by atoms with Crippen molar-refractivity contribution in [3.63, 3.8) is 0 Å². The van der Waals surface area contributed by atoms with Crippen LogP contribution in [0.5, 0.6) is 0 Å². The summed E-state index contributed by atoms with van der Waals surface area (Å²) in [6.45, 7) is 15.1. The van der Waals surface area contributed by atoms with E-state index in [0.29, 0.717) is 52.1 Å². The van der Waals surface area contributed by atoms with E-state index < -0.39 is 12.2 Å². The highest BCUT2D eigenvalue weighted by Gasteiger charge is 2.20. The first-order chi connectivity index (χ1) is 28.1. The molecule has 0 radical (unpaired) electrons. The van der Waals surface area contributed by atoms with Gasteiger partial charge in [-0.05, 0) is 91.9 Å². The molecule has 0 aromatic rings. The van der Waals surface area contributed by atoms with Gasteiger partial charge in [0, 0.05) is 52.1 Å². The number of hydrogen-bond acceptors (Lipinski definition) is 8. The zero-order chi connectivity index (χ0) is 42.9. The minimum Gasteiger partial charge on any atom is -0.461 e. The molecule has 0 aliphatic heterocycles. The number of ether oxygens (including phenoxy) is 2. The van der Waals surface area contributed by atoms with Crippen LogP contribution in [-0.4, -0.2) is 95.6 Å². The number of nitrogens with zero attached hydrogens (tertiary/aromatic N) is 2. The standard InChI is InChI=1S/C50H96N2O6/c1-7-9-11-13-15-17-19-21-23-25-27-29-31-33-35-37-49(55)57-47(5)43-52(40-39-51(41-45(3)53)42-46(4)54)44-48(6)58-50(56)38-36-34-32-30-28-26-24-22-20-18-16-14-12-10-8-2/h21-24,45-48,53-54H,7-20,25-44H2,1-6H3. The van der Waals surface area contributed by atoms with Crippen LogP contribution in [0, 0.1) is 0 Å². The lowest BCUT2D eigenvalue weighted by Crippen LogP contribution is -2.45. The van der Waals surface area contributed by atoms with Gasteiger partial charge in [-0.3, -0.25) is 19.4 Å². The van der Waals surface area contributed by atoms with Gasteiger partial charge in [-0.15, -0.1) is 0 Å². The second-order valence-electron chi connectivity index (χ2n) is 17.5. The quantitative estimate of drug-likeness (QED) is 0.0356. The number of allylic oxidation sites excluding steroid dienone is 4. The molecule has 8 nitrogen and oxygen atoms in total. The summed E-state index contributed by atoms with van der Waals surface area (Å²) in [4.78, 5) is 29.7. The molecule has 0 aromatic heterocycles. The molecule has 4 atom stereocenters. The Labute approximate surface area is 359 Å². The van der Waals surface area contributed by atoms with Gasteiger partial charge in [-0.1, -0.05) is 141 Å². The van der Waals surface area contributed by atoms with Crippen molar-refractivity contribution in [2.45, 2.75) is 246 Å². The Hall–Kier alpha value is -1.74. The lowest BCUT2D eigenvalue weighted by atomic mass is 10.1. The maximum Gasteiger partial charge on any atom is 0.306 e. The number of carbonyl (C=O) groups excluding carboxylic acids is 2. The summed E-state index contributed by atoms with van der Waals surface area (Å²) >= 11 is 0. The highest BCUT2D eigenvalue weighted by atomic mass is 16.5. The van der Waals surface area contributed by atoms with Crippen molar-refractivity contribution in [3.8, 4) is 0 Å². The molecule has 0 bridgehead atoms. The second kappa shape index (κ2) is 42.0. The molecule has 342 valence electrons. The maximum absolute atomic E-state index is 12.7. The largest absolute Gasteiger partial charge is 0.461 e. The summed E-state index contributed by atoms with van der Waals surface area (Å²) < 4.78 is 11.7. The van der Waals surface area contributed by atoms with Gasteiger partial charge in [0.15, 0.2) is 0 Å². The summed E-state index contributed by atoms with van der Waals surface area (Å²) in [5, 5.41) is 20.1. The third-order valence-corrected chi connectivity index (χ3v) is 10.8. The molecule has 0 saturated heterocycles. The number of esters is 2. The molecule has 0 rings (SSSR count). The highest BCUT2D eigenvalue weighted by Crippen LogP contribution is 2.14. The molecule has 2 N–H and O–H groups in total. The number of aliphatic hydroxyl groups is 2. The van der Waals surface area contributed by atoms with E-state index in [2.05, 4.69) is 48.0 Å². The molecule has 0 saturated carbocycles. The molecule has 0 spiro atoms. The molecule has 0 heterocycles. The summed E-state index contributed by atoms with van der Waals surface area (Å²) in [6.07, 6.45) is 40.4. The first-order valence-corrected chi connectivity index (χ1v) is 24.6. The van der Waals surface area contributed by atoms with Gasteiger partial charge in [0.25, 0.3) is 0 Å². The van der Waals surface area contributed by atoms with E-state index in [0.717, 1.165) is 51.4 Å². The molecule has 0 aliphatic carbocycles. The van der Waals surface area contributed by atoms with Gasteiger partial charge in [0.1, 0.15) is 12.2 Å². The van der Waals surface area contributed by atoms with Gasteiger partial charge < -0.3 is 19.7 Å². The van der Waals surface area contributed by atoms with Crippen LogP contribution in [-0.2, 0) is 19.1 Å². The predicted octanol–water partition coefficient (Wildman–Crippen LogP) is 12.3. The van der Waals surface area contributed by atoms with Crippen LogP contribution < -0.4 is 0 Å². The smallest absolute Gasteiger partial charge is 0.306 e. The summed E-state index contributed by atoms with van der Waals surface area (Å²) in [6, 6.07) is 0. The van der Waals surface area contributed by atoms with Crippen LogP contribution in [0.15, 0.2) is 24.3 Å². The first kappa shape index (κ1) is 56.3. The van der Waals surface area contributed by atoms with Crippen molar-refractivity contribution in [1.29, 1.82) is 0 Å². The van der Waals surface area contributed by atoms with E-state index in [4.69, 9.17) is 9.47 Å². The van der Waals surface area contributed by atoms with Crippen molar-refractivity contribution in [1.82, 2.24) is 9.80 Å². The number of carbonyl (C=O) groups is 2. The van der Waals surface area contributed by atoms with Crippen LogP contribution in [0.3, 0.4) is 0 Å². The fraction of sp³-hybridized carbons (Fsp3) is 0.880. The Bertz CT molecular complexity index is 898. The number of unbranched alkanes of at least 4 members (excludes halogenated alkanes) is 22. The predicted molar refractivity (Wildman–Crippen MR) is 246 cm³/mol. The van der Waals surface area contributed by atoms with Gasteiger partial charge >= 0.3 is 11.9 Å². The molecule has 0 aliphatic rings. The zero-order valence-corrected chi connectivity index (χ0v) is 39.1. The van der Waals surface area contributed by atoms with E-state index >= 15 is 0 Å². The third-order valence-electron chi connectivity index (χ3n) is 10.8. The van der Waals surface area contributed by atoms with Crippen LogP contribution >= 0.6 is 0 Å². The number of aliphatic hydroxyl groups excluding tert-OH is 2. The summed E-state index contributed by atoms with van der Waals surface area (Å²) in [5.41, 5.74) is 0.